The van der Waals surface area contributed by atoms with Gasteiger partial charge in [0.15, 0.2) is 0 Å². The van der Waals surface area contributed by atoms with Crippen LogP contribution in [0.5, 0.6) is 5.75 Å². The molecule has 0 saturated carbocycles. The molecule has 18 heavy (non-hydrogen) atoms. The number of rotatable bonds is 3. The Hall–Kier alpha value is -2.05. The largest absolute Gasteiger partial charge is 0.540 e. The summed E-state index contributed by atoms with van der Waals surface area (Å²) in [5.41, 5.74) is 0.684. The van der Waals surface area contributed by atoms with Crippen molar-refractivity contribution in [2.24, 2.45) is 0 Å². The van der Waals surface area contributed by atoms with Gasteiger partial charge in [-0.25, -0.2) is 0 Å². The first-order chi connectivity index (χ1) is 8.62. The van der Waals surface area contributed by atoms with Gasteiger partial charge in [-0.2, -0.15) is 5.26 Å². The summed E-state index contributed by atoms with van der Waals surface area (Å²) in [5.74, 6) is 0.901. The lowest BCUT2D eigenvalue weighted by molar-refractivity contribution is 0.564. The predicted octanol–water partition coefficient (Wildman–Crippen LogP) is 3.05. The van der Waals surface area contributed by atoms with Gasteiger partial charge in [0.25, 0.3) is 8.32 Å². The fourth-order valence-corrected chi connectivity index (χ4v) is 3.60. The highest BCUT2D eigenvalue weighted by molar-refractivity contribution is 6.84. The van der Waals surface area contributed by atoms with Crippen molar-refractivity contribution in [2.75, 3.05) is 0 Å². The van der Waals surface area contributed by atoms with Crippen LogP contribution in [0.15, 0.2) is 54.6 Å². The molecule has 3 heteroatoms. The Morgan fingerprint density at radius 1 is 0.944 bits per heavy atom. The summed E-state index contributed by atoms with van der Waals surface area (Å²) in [4.78, 5) is 0. The van der Waals surface area contributed by atoms with Crippen molar-refractivity contribution in [3.05, 3.63) is 60.2 Å². The summed E-state index contributed by atoms with van der Waals surface area (Å²) in [6.45, 7) is 4.31. The lowest BCUT2D eigenvalue weighted by Gasteiger charge is -2.24. The van der Waals surface area contributed by atoms with Gasteiger partial charge in [-0.1, -0.05) is 30.3 Å². The van der Waals surface area contributed by atoms with Crippen LogP contribution in [-0.4, -0.2) is 8.32 Å². The molecule has 0 unspecified atom stereocenters. The van der Waals surface area contributed by atoms with Crippen LogP contribution in [0.25, 0.3) is 0 Å². The molecule has 2 nitrogen and oxygen atoms in total. The number of para-hydroxylation sites is 1. The molecule has 0 spiro atoms. The Morgan fingerprint density at radius 2 is 1.56 bits per heavy atom. The smallest absolute Gasteiger partial charge is 0.276 e. The number of hydrogen-bond donors (Lipinski definition) is 0. The SMILES string of the molecule is C[Si](C)(Oc1ccccc1)c1ccc(C#N)cc1. The normalized spacial score (nSPS) is 10.7. The molecule has 0 radical (unpaired) electrons. The van der Waals surface area contributed by atoms with E-state index in [4.69, 9.17) is 9.69 Å². The zero-order chi connectivity index (χ0) is 13.0. The topological polar surface area (TPSA) is 33.0 Å². The Labute approximate surface area is 109 Å². The lowest BCUT2D eigenvalue weighted by Crippen LogP contribution is -2.47. The minimum Gasteiger partial charge on any atom is -0.540 e. The second-order valence-corrected chi connectivity index (χ2v) is 8.42. The highest BCUT2D eigenvalue weighted by Gasteiger charge is 2.27. The number of nitrogens with zero attached hydrogens (tertiary/aromatic N) is 1. The first-order valence-electron chi connectivity index (χ1n) is 5.86. The van der Waals surface area contributed by atoms with Crippen LogP contribution < -0.4 is 9.61 Å². The zero-order valence-electron chi connectivity index (χ0n) is 10.6. The fourth-order valence-electron chi connectivity index (χ4n) is 1.79. The highest BCUT2D eigenvalue weighted by Crippen LogP contribution is 2.15. The Kier molecular flexibility index (Phi) is 3.49. The van der Waals surface area contributed by atoms with Crippen molar-refractivity contribution in [3.63, 3.8) is 0 Å². The molecule has 0 aliphatic heterocycles. The van der Waals surface area contributed by atoms with E-state index in [0.29, 0.717) is 5.56 Å². The molecule has 0 N–H and O–H groups in total. The van der Waals surface area contributed by atoms with Gasteiger partial charge in [0.1, 0.15) is 5.75 Å². The maximum absolute atomic E-state index is 8.80. The average molecular weight is 253 g/mol. The first kappa shape index (κ1) is 12.4. The molecule has 0 aliphatic rings. The molecule has 2 aromatic rings. The van der Waals surface area contributed by atoms with Crippen LogP contribution in [0.2, 0.25) is 13.1 Å². The summed E-state index contributed by atoms with van der Waals surface area (Å²) < 4.78 is 6.12. The molecule has 2 aromatic carbocycles. The maximum Gasteiger partial charge on any atom is 0.276 e. The number of benzene rings is 2. The van der Waals surface area contributed by atoms with E-state index < -0.39 is 8.32 Å². The van der Waals surface area contributed by atoms with Gasteiger partial charge in [-0.3, -0.25) is 0 Å². The van der Waals surface area contributed by atoms with Gasteiger partial charge in [0.05, 0.1) is 11.6 Å². The van der Waals surface area contributed by atoms with E-state index in [-0.39, 0.29) is 0 Å². The van der Waals surface area contributed by atoms with Gasteiger partial charge in [-0.05, 0) is 42.5 Å². The average Bonchev–Trinajstić information content (AvgIpc) is 2.39. The third kappa shape index (κ3) is 2.79. The summed E-state index contributed by atoms with van der Waals surface area (Å²) >= 11 is 0. The summed E-state index contributed by atoms with van der Waals surface area (Å²) in [6.07, 6.45) is 0. The van der Waals surface area contributed by atoms with Gasteiger partial charge in [-0.15, -0.1) is 0 Å². The van der Waals surface area contributed by atoms with E-state index in [1.54, 1.807) is 0 Å². The van der Waals surface area contributed by atoms with E-state index in [1.165, 1.54) is 5.19 Å². The second-order valence-electron chi connectivity index (χ2n) is 4.61. The van der Waals surface area contributed by atoms with E-state index in [0.717, 1.165) is 5.75 Å². The monoisotopic (exact) mass is 253 g/mol. The molecular weight excluding hydrogens is 238 g/mol. The lowest BCUT2D eigenvalue weighted by atomic mass is 10.2. The van der Waals surface area contributed by atoms with E-state index >= 15 is 0 Å². The van der Waals surface area contributed by atoms with E-state index in [2.05, 4.69) is 19.2 Å². The zero-order valence-corrected chi connectivity index (χ0v) is 11.6. The fraction of sp³-hybridized carbons (Fsp3) is 0.133. The Balaban J connectivity index is 2.22. The highest BCUT2D eigenvalue weighted by atomic mass is 28.4. The minimum atomic E-state index is -1.97. The summed E-state index contributed by atoms with van der Waals surface area (Å²) in [7, 11) is -1.97. The van der Waals surface area contributed by atoms with Crippen molar-refractivity contribution >= 4 is 13.5 Å². The van der Waals surface area contributed by atoms with Crippen LogP contribution in [-0.2, 0) is 0 Å². The van der Waals surface area contributed by atoms with E-state index in [9.17, 15) is 0 Å². The molecule has 0 bridgehead atoms. The number of hydrogen-bond acceptors (Lipinski definition) is 2. The molecular formula is C15H15NOSi. The van der Waals surface area contributed by atoms with Gasteiger partial charge < -0.3 is 4.43 Å². The van der Waals surface area contributed by atoms with Crippen LogP contribution in [0.3, 0.4) is 0 Å². The van der Waals surface area contributed by atoms with Gasteiger partial charge >= 0.3 is 0 Å². The minimum absolute atomic E-state index is 0.684. The van der Waals surface area contributed by atoms with E-state index in [1.807, 2.05) is 54.6 Å². The number of nitriles is 1. The van der Waals surface area contributed by atoms with Crippen LogP contribution in [0.4, 0.5) is 0 Å². The molecule has 0 fully saturated rings. The first-order valence-corrected chi connectivity index (χ1v) is 8.77. The Morgan fingerprint density at radius 3 is 2.11 bits per heavy atom. The van der Waals surface area contributed by atoms with Crippen molar-refractivity contribution < 1.29 is 4.43 Å². The van der Waals surface area contributed by atoms with Crippen molar-refractivity contribution in [1.29, 1.82) is 5.26 Å². The molecule has 2 rings (SSSR count). The molecule has 0 heterocycles. The second kappa shape index (κ2) is 5.07. The molecule has 0 amide bonds. The molecule has 0 saturated heterocycles. The van der Waals surface area contributed by atoms with Crippen molar-refractivity contribution in [2.45, 2.75) is 13.1 Å². The molecule has 90 valence electrons. The molecule has 0 aliphatic carbocycles. The predicted molar refractivity (Wildman–Crippen MR) is 75.3 cm³/mol. The van der Waals surface area contributed by atoms with Crippen LogP contribution in [0, 0.1) is 11.3 Å². The summed E-state index contributed by atoms with van der Waals surface area (Å²) in [5, 5.41) is 9.98. The molecule has 0 aromatic heterocycles. The van der Waals surface area contributed by atoms with Crippen molar-refractivity contribution in [3.8, 4) is 11.8 Å². The third-order valence-electron chi connectivity index (χ3n) is 2.83. The van der Waals surface area contributed by atoms with Gasteiger partial charge in [0, 0.05) is 0 Å². The standard InChI is InChI=1S/C15H15NOSi/c1-18(2,17-14-6-4-3-5-7-14)15-10-8-13(12-16)9-11-15/h3-11H,1-2H3. The molecule has 0 atom stereocenters. The van der Waals surface area contributed by atoms with Crippen LogP contribution in [0.1, 0.15) is 5.56 Å². The maximum atomic E-state index is 8.80. The van der Waals surface area contributed by atoms with Crippen molar-refractivity contribution in [1.82, 2.24) is 0 Å². The quantitative estimate of drug-likeness (QED) is 0.788. The third-order valence-corrected chi connectivity index (χ3v) is 5.30. The summed E-state index contributed by atoms with van der Waals surface area (Å²) in [6, 6.07) is 19.7. The van der Waals surface area contributed by atoms with Crippen LogP contribution >= 0.6 is 0 Å². The Bertz CT molecular complexity index is 555. The van der Waals surface area contributed by atoms with Gasteiger partial charge in [0.2, 0.25) is 0 Å².